The number of non-ortho nitro benzene ring substituents is 1. The lowest BCUT2D eigenvalue weighted by molar-refractivity contribution is -0.384. The van der Waals surface area contributed by atoms with Crippen LogP contribution in [0.5, 0.6) is 0 Å². The van der Waals surface area contributed by atoms with Crippen molar-refractivity contribution in [2.24, 2.45) is 0 Å². The van der Waals surface area contributed by atoms with Crippen molar-refractivity contribution >= 4 is 23.4 Å². The highest BCUT2D eigenvalue weighted by Gasteiger charge is 2.16. The number of nitrogens with zero attached hydrogens (tertiary/aromatic N) is 3. The predicted molar refractivity (Wildman–Crippen MR) is 113 cm³/mol. The van der Waals surface area contributed by atoms with Gasteiger partial charge in [0, 0.05) is 29.8 Å². The fourth-order valence-electron chi connectivity index (χ4n) is 1.82. The van der Waals surface area contributed by atoms with Gasteiger partial charge in [-0.25, -0.2) is 9.78 Å². The highest BCUT2D eigenvalue weighted by Crippen LogP contribution is 2.28. The number of nitro benzene ring substituents is 1. The first-order valence-corrected chi connectivity index (χ1v) is 10.4. The highest BCUT2D eigenvalue weighted by molar-refractivity contribution is 7.99. The number of carbonyl (C=O) groups is 1. The molecule has 1 aromatic heterocycles. The van der Waals surface area contributed by atoms with Crippen molar-refractivity contribution in [3.63, 3.8) is 0 Å². The molecule has 7 nitrogen and oxygen atoms in total. The van der Waals surface area contributed by atoms with Gasteiger partial charge in [-0.3, -0.25) is 10.1 Å². The monoisotopic (exact) mass is 409 g/mol. The topological polar surface area (TPSA) is 87.3 Å². The fraction of sp³-hybridized carbons (Fsp3) is 0.500. The van der Waals surface area contributed by atoms with Crippen LogP contribution in [0.25, 0.3) is 0 Å². The van der Waals surface area contributed by atoms with Gasteiger partial charge in [0.2, 0.25) is 0 Å². The van der Waals surface area contributed by atoms with E-state index in [1.165, 1.54) is 30.3 Å². The van der Waals surface area contributed by atoms with Gasteiger partial charge in [-0.2, -0.15) is 0 Å². The zero-order chi connectivity index (χ0) is 21.5. The molecule has 0 fully saturated rings. The number of nitro groups is 1. The number of ether oxygens (including phenoxy) is 1. The lowest BCUT2D eigenvalue weighted by Crippen LogP contribution is -2.06. The van der Waals surface area contributed by atoms with Crippen molar-refractivity contribution in [1.29, 1.82) is 0 Å². The Morgan fingerprint density at radius 2 is 1.75 bits per heavy atom. The third kappa shape index (κ3) is 8.56. The van der Waals surface area contributed by atoms with Crippen molar-refractivity contribution < 1.29 is 14.5 Å². The highest BCUT2D eigenvalue weighted by atomic mass is 32.2. The van der Waals surface area contributed by atoms with E-state index in [9.17, 15) is 14.9 Å². The molecule has 28 heavy (non-hydrogen) atoms. The molecule has 0 radical (unpaired) electrons. The molecule has 0 saturated heterocycles. The Bertz CT molecular complexity index is 715. The lowest BCUT2D eigenvalue weighted by atomic mass is 10.3. The number of rotatable bonds is 7. The standard InChI is InChI=1S/C15H17N3O4S.C3H8.C2H6/c1-3-9-22-14(19)13-10-17(4-2)15(16-13)23-12-7-5-11(6-8-12)18(20)21;1-3-2;1-2/h5-8,10H,3-4,9H2,1-2H3;3H2,1-2H3;1-2H3. The molecule has 0 bridgehead atoms. The zero-order valence-electron chi connectivity index (χ0n) is 17.6. The molecule has 8 heteroatoms. The zero-order valence-corrected chi connectivity index (χ0v) is 18.4. The van der Waals surface area contributed by atoms with Crippen molar-refractivity contribution in [2.45, 2.75) is 71.0 Å². The van der Waals surface area contributed by atoms with Crippen molar-refractivity contribution in [1.82, 2.24) is 9.55 Å². The quantitative estimate of drug-likeness (QED) is 0.318. The van der Waals surface area contributed by atoms with Crippen LogP contribution in [0.3, 0.4) is 0 Å². The molecule has 1 aromatic carbocycles. The normalized spacial score (nSPS) is 9.50. The summed E-state index contributed by atoms with van der Waals surface area (Å²) < 4.78 is 6.93. The summed E-state index contributed by atoms with van der Waals surface area (Å²) in [7, 11) is 0. The molecule has 2 rings (SSSR count). The average Bonchev–Trinajstić information content (AvgIpc) is 3.11. The van der Waals surface area contributed by atoms with Crippen molar-refractivity contribution in [2.75, 3.05) is 6.61 Å². The van der Waals surface area contributed by atoms with Crippen LogP contribution in [0.1, 0.15) is 64.9 Å². The van der Waals surface area contributed by atoms with Crippen LogP contribution >= 0.6 is 11.8 Å². The number of esters is 1. The maximum Gasteiger partial charge on any atom is 0.358 e. The van der Waals surface area contributed by atoms with E-state index in [1.807, 2.05) is 32.3 Å². The minimum Gasteiger partial charge on any atom is -0.461 e. The minimum absolute atomic E-state index is 0.0389. The number of hydrogen-bond donors (Lipinski definition) is 0. The largest absolute Gasteiger partial charge is 0.461 e. The molecule has 0 N–H and O–H groups in total. The number of carbonyl (C=O) groups excluding carboxylic acids is 1. The van der Waals surface area contributed by atoms with Crippen LogP contribution < -0.4 is 0 Å². The fourth-order valence-corrected chi connectivity index (χ4v) is 2.74. The van der Waals surface area contributed by atoms with Crippen molar-refractivity contribution in [3.05, 3.63) is 46.3 Å². The molecule has 1 heterocycles. The smallest absolute Gasteiger partial charge is 0.358 e. The van der Waals surface area contributed by atoms with Crippen LogP contribution in [0.15, 0.2) is 40.5 Å². The Kier molecular flexibility index (Phi) is 13.4. The Morgan fingerprint density at radius 3 is 2.21 bits per heavy atom. The number of imidazole rings is 1. The third-order valence-corrected chi connectivity index (χ3v) is 4.00. The van der Waals surface area contributed by atoms with E-state index in [2.05, 4.69) is 18.8 Å². The van der Waals surface area contributed by atoms with Gasteiger partial charge in [-0.15, -0.1) is 0 Å². The van der Waals surface area contributed by atoms with Crippen LogP contribution in [-0.2, 0) is 11.3 Å². The molecule has 0 unspecified atom stereocenters. The molecule has 156 valence electrons. The molecule has 0 aliphatic rings. The number of hydrogen-bond acceptors (Lipinski definition) is 6. The SMILES string of the molecule is CC.CCC.CCCOC(=O)c1cn(CC)c(Sc2ccc([N+](=O)[O-])cc2)n1. The van der Waals surface area contributed by atoms with E-state index in [-0.39, 0.29) is 11.4 Å². The van der Waals surface area contributed by atoms with Gasteiger partial charge in [-0.1, -0.05) is 52.8 Å². The van der Waals surface area contributed by atoms with Gasteiger partial charge in [0.15, 0.2) is 10.9 Å². The van der Waals surface area contributed by atoms with E-state index in [0.29, 0.717) is 18.3 Å². The predicted octanol–water partition coefficient (Wildman–Crippen LogP) is 5.97. The summed E-state index contributed by atoms with van der Waals surface area (Å²) in [5, 5.41) is 11.3. The van der Waals surface area contributed by atoms with Gasteiger partial charge in [0.05, 0.1) is 11.5 Å². The van der Waals surface area contributed by atoms with Gasteiger partial charge >= 0.3 is 5.97 Å². The second kappa shape index (κ2) is 14.7. The average molecular weight is 410 g/mol. The molecule has 0 spiro atoms. The molecule has 2 aromatic rings. The summed E-state index contributed by atoms with van der Waals surface area (Å²) >= 11 is 1.34. The molecule has 0 atom stereocenters. The molecular weight excluding hydrogens is 378 g/mol. The Morgan fingerprint density at radius 1 is 1.18 bits per heavy atom. The first-order valence-electron chi connectivity index (χ1n) is 9.63. The lowest BCUT2D eigenvalue weighted by Gasteiger charge is -2.03. The summed E-state index contributed by atoms with van der Waals surface area (Å²) in [6, 6.07) is 6.20. The summed E-state index contributed by atoms with van der Waals surface area (Å²) in [6.45, 7) is 13.1. The van der Waals surface area contributed by atoms with Crippen LogP contribution in [0.4, 0.5) is 5.69 Å². The second-order valence-corrected chi connectivity index (χ2v) is 6.43. The summed E-state index contributed by atoms with van der Waals surface area (Å²) in [5.41, 5.74) is 0.307. The Balaban J connectivity index is 0.00000133. The van der Waals surface area contributed by atoms with Gasteiger partial charge in [0.1, 0.15) is 0 Å². The second-order valence-electron chi connectivity index (χ2n) is 5.39. The summed E-state index contributed by atoms with van der Waals surface area (Å²) in [4.78, 5) is 27.2. The van der Waals surface area contributed by atoms with E-state index in [1.54, 1.807) is 18.3 Å². The number of aryl methyl sites for hydroxylation is 1. The van der Waals surface area contributed by atoms with Gasteiger partial charge in [0.25, 0.3) is 5.69 Å². The van der Waals surface area contributed by atoms with E-state index < -0.39 is 10.9 Å². The summed E-state index contributed by atoms with van der Waals surface area (Å²) in [6.07, 6.45) is 3.66. The summed E-state index contributed by atoms with van der Waals surface area (Å²) in [5.74, 6) is -0.440. The maximum atomic E-state index is 11.9. The molecular formula is C20H31N3O4S. The first kappa shape index (κ1) is 25.6. The number of aromatic nitrogens is 2. The minimum atomic E-state index is -0.441. The van der Waals surface area contributed by atoms with Crippen LogP contribution in [-0.4, -0.2) is 27.1 Å². The first-order chi connectivity index (χ1) is 13.5. The van der Waals surface area contributed by atoms with Crippen LogP contribution in [0.2, 0.25) is 0 Å². The Hall–Kier alpha value is -2.35. The molecule has 0 amide bonds. The molecule has 0 aliphatic heterocycles. The van der Waals surface area contributed by atoms with Crippen molar-refractivity contribution in [3.8, 4) is 0 Å². The maximum absolute atomic E-state index is 11.9. The van der Waals surface area contributed by atoms with Crippen LogP contribution in [0, 0.1) is 10.1 Å². The van der Waals surface area contributed by atoms with Gasteiger partial charge < -0.3 is 9.30 Å². The van der Waals surface area contributed by atoms with E-state index in [4.69, 9.17) is 4.74 Å². The number of benzene rings is 1. The third-order valence-electron chi connectivity index (χ3n) is 2.98. The molecule has 0 aliphatic carbocycles. The molecule has 0 saturated carbocycles. The van der Waals surface area contributed by atoms with E-state index in [0.717, 1.165) is 11.3 Å². The van der Waals surface area contributed by atoms with E-state index >= 15 is 0 Å². The van der Waals surface area contributed by atoms with Gasteiger partial charge in [-0.05, 0) is 25.5 Å². The Labute approximate surface area is 171 Å².